The average molecular weight is 274 g/mol. The van der Waals surface area contributed by atoms with E-state index in [9.17, 15) is 4.79 Å². The van der Waals surface area contributed by atoms with Gasteiger partial charge in [-0.25, -0.2) is 9.97 Å². The standard InChI is InChI=1S/C15H22N4O/c1-11-13(15(20)19-7-2-3-8-19)10-17-14(18-11)12-5-4-6-16-9-12/h10,12,16H,2-9H2,1H3. The number of likely N-dealkylation sites (tertiary alicyclic amines) is 1. The number of hydrogen-bond donors (Lipinski definition) is 1. The highest BCUT2D eigenvalue weighted by molar-refractivity contribution is 5.95. The third-order valence-corrected chi connectivity index (χ3v) is 4.28. The first-order chi connectivity index (χ1) is 9.75. The maximum Gasteiger partial charge on any atom is 0.257 e. The van der Waals surface area contributed by atoms with Gasteiger partial charge in [-0.2, -0.15) is 0 Å². The molecule has 1 N–H and O–H groups in total. The monoisotopic (exact) mass is 274 g/mol. The van der Waals surface area contributed by atoms with Gasteiger partial charge in [0.25, 0.3) is 5.91 Å². The van der Waals surface area contributed by atoms with Gasteiger partial charge in [-0.15, -0.1) is 0 Å². The van der Waals surface area contributed by atoms with Crippen molar-refractivity contribution in [3.8, 4) is 0 Å². The Morgan fingerprint density at radius 2 is 2.15 bits per heavy atom. The van der Waals surface area contributed by atoms with Crippen molar-refractivity contribution < 1.29 is 4.79 Å². The van der Waals surface area contributed by atoms with Gasteiger partial charge in [0.2, 0.25) is 0 Å². The maximum absolute atomic E-state index is 12.4. The second-order valence-electron chi connectivity index (χ2n) is 5.77. The number of aryl methyl sites for hydroxylation is 1. The highest BCUT2D eigenvalue weighted by Crippen LogP contribution is 2.21. The van der Waals surface area contributed by atoms with E-state index < -0.39 is 0 Å². The lowest BCUT2D eigenvalue weighted by Crippen LogP contribution is -2.31. The Morgan fingerprint density at radius 1 is 1.35 bits per heavy atom. The van der Waals surface area contributed by atoms with Crippen LogP contribution >= 0.6 is 0 Å². The van der Waals surface area contributed by atoms with Gasteiger partial charge < -0.3 is 10.2 Å². The fourth-order valence-electron chi connectivity index (χ4n) is 3.05. The largest absolute Gasteiger partial charge is 0.339 e. The SMILES string of the molecule is Cc1nc(C2CCCNC2)ncc1C(=O)N1CCCC1. The fraction of sp³-hybridized carbons (Fsp3) is 0.667. The number of hydrogen-bond acceptors (Lipinski definition) is 4. The number of aromatic nitrogens is 2. The molecule has 2 aliphatic heterocycles. The van der Waals surface area contributed by atoms with E-state index in [4.69, 9.17) is 0 Å². The molecule has 3 rings (SSSR count). The molecule has 1 amide bonds. The summed E-state index contributed by atoms with van der Waals surface area (Å²) < 4.78 is 0. The van der Waals surface area contributed by atoms with Crippen LogP contribution in [0.25, 0.3) is 0 Å². The second kappa shape index (κ2) is 5.87. The summed E-state index contributed by atoms with van der Waals surface area (Å²) in [6, 6.07) is 0. The molecular formula is C15H22N4O. The van der Waals surface area contributed by atoms with Gasteiger partial charge >= 0.3 is 0 Å². The van der Waals surface area contributed by atoms with Crippen molar-refractivity contribution in [1.29, 1.82) is 0 Å². The summed E-state index contributed by atoms with van der Waals surface area (Å²) in [4.78, 5) is 23.3. The number of nitrogens with one attached hydrogen (secondary N) is 1. The summed E-state index contributed by atoms with van der Waals surface area (Å²) in [5, 5.41) is 3.38. The number of rotatable bonds is 2. The van der Waals surface area contributed by atoms with Gasteiger partial charge in [0.1, 0.15) is 5.82 Å². The van der Waals surface area contributed by atoms with Crippen LogP contribution in [0.1, 0.15) is 53.5 Å². The molecule has 108 valence electrons. The summed E-state index contributed by atoms with van der Waals surface area (Å²) in [6.07, 6.45) is 6.25. The molecule has 20 heavy (non-hydrogen) atoms. The van der Waals surface area contributed by atoms with Crippen LogP contribution in [-0.4, -0.2) is 47.0 Å². The molecule has 3 heterocycles. The molecule has 5 heteroatoms. The van der Waals surface area contributed by atoms with Crippen molar-refractivity contribution in [3.63, 3.8) is 0 Å². The Kier molecular flexibility index (Phi) is 3.96. The van der Waals surface area contributed by atoms with Gasteiger partial charge in [-0.05, 0) is 39.2 Å². The number of piperidine rings is 1. The number of nitrogens with zero attached hydrogens (tertiary/aromatic N) is 3. The molecule has 0 bridgehead atoms. The van der Waals surface area contributed by atoms with Crippen LogP contribution in [0.2, 0.25) is 0 Å². The van der Waals surface area contributed by atoms with E-state index in [0.29, 0.717) is 11.5 Å². The zero-order valence-corrected chi connectivity index (χ0v) is 12.1. The molecule has 1 unspecified atom stereocenters. The third kappa shape index (κ3) is 2.68. The minimum Gasteiger partial charge on any atom is -0.339 e. The minimum atomic E-state index is 0.0910. The first-order valence-electron chi connectivity index (χ1n) is 7.59. The highest BCUT2D eigenvalue weighted by Gasteiger charge is 2.24. The summed E-state index contributed by atoms with van der Waals surface area (Å²) in [6.45, 7) is 5.68. The molecule has 2 saturated heterocycles. The van der Waals surface area contributed by atoms with E-state index in [1.54, 1.807) is 6.20 Å². The Hall–Kier alpha value is -1.49. The number of amides is 1. The average Bonchev–Trinajstić information content (AvgIpc) is 3.01. The molecule has 2 fully saturated rings. The van der Waals surface area contributed by atoms with Gasteiger partial charge in [0, 0.05) is 31.7 Å². The molecule has 0 aromatic carbocycles. The lowest BCUT2D eigenvalue weighted by molar-refractivity contribution is 0.0791. The van der Waals surface area contributed by atoms with E-state index in [1.807, 2.05) is 11.8 Å². The van der Waals surface area contributed by atoms with Crippen LogP contribution in [0.3, 0.4) is 0 Å². The lowest BCUT2D eigenvalue weighted by atomic mass is 9.98. The van der Waals surface area contributed by atoms with E-state index >= 15 is 0 Å². The Bertz CT molecular complexity index is 491. The molecule has 0 aliphatic carbocycles. The minimum absolute atomic E-state index is 0.0910. The summed E-state index contributed by atoms with van der Waals surface area (Å²) in [7, 11) is 0. The van der Waals surface area contributed by atoms with Crippen molar-refractivity contribution in [2.24, 2.45) is 0 Å². The van der Waals surface area contributed by atoms with Gasteiger partial charge in [-0.1, -0.05) is 0 Å². The van der Waals surface area contributed by atoms with Gasteiger partial charge in [-0.3, -0.25) is 4.79 Å². The second-order valence-corrected chi connectivity index (χ2v) is 5.77. The molecular weight excluding hydrogens is 252 g/mol. The first kappa shape index (κ1) is 13.5. The van der Waals surface area contributed by atoms with Crippen molar-refractivity contribution in [2.45, 2.75) is 38.5 Å². The number of carbonyl (C=O) groups excluding carboxylic acids is 1. The topological polar surface area (TPSA) is 58.1 Å². The van der Waals surface area contributed by atoms with E-state index in [1.165, 1.54) is 6.42 Å². The zero-order valence-electron chi connectivity index (χ0n) is 12.1. The third-order valence-electron chi connectivity index (χ3n) is 4.28. The van der Waals surface area contributed by atoms with Crippen molar-refractivity contribution in [3.05, 3.63) is 23.3 Å². The van der Waals surface area contributed by atoms with Gasteiger partial charge in [0.05, 0.1) is 11.3 Å². The number of carbonyl (C=O) groups is 1. The molecule has 0 saturated carbocycles. The Balaban J connectivity index is 1.78. The molecule has 0 radical (unpaired) electrons. The fourth-order valence-corrected chi connectivity index (χ4v) is 3.05. The lowest BCUT2D eigenvalue weighted by Gasteiger charge is -2.22. The van der Waals surface area contributed by atoms with Crippen LogP contribution in [0.5, 0.6) is 0 Å². The van der Waals surface area contributed by atoms with Crippen LogP contribution in [0, 0.1) is 6.92 Å². The molecule has 1 atom stereocenters. The zero-order chi connectivity index (χ0) is 13.9. The normalized spacial score (nSPS) is 23.1. The van der Waals surface area contributed by atoms with Crippen molar-refractivity contribution >= 4 is 5.91 Å². The molecule has 1 aromatic heterocycles. The van der Waals surface area contributed by atoms with Crippen molar-refractivity contribution in [2.75, 3.05) is 26.2 Å². The summed E-state index contributed by atoms with van der Waals surface area (Å²) >= 11 is 0. The van der Waals surface area contributed by atoms with Crippen molar-refractivity contribution in [1.82, 2.24) is 20.2 Å². The maximum atomic E-state index is 12.4. The van der Waals surface area contributed by atoms with Crippen LogP contribution in [0.15, 0.2) is 6.20 Å². The van der Waals surface area contributed by atoms with Crippen LogP contribution in [0.4, 0.5) is 0 Å². The highest BCUT2D eigenvalue weighted by atomic mass is 16.2. The van der Waals surface area contributed by atoms with Crippen LogP contribution in [-0.2, 0) is 0 Å². The van der Waals surface area contributed by atoms with Crippen LogP contribution < -0.4 is 5.32 Å². The Morgan fingerprint density at radius 3 is 2.80 bits per heavy atom. The Labute approximate surface area is 119 Å². The summed E-state index contributed by atoms with van der Waals surface area (Å²) in [5.41, 5.74) is 1.48. The van der Waals surface area contributed by atoms with E-state index in [0.717, 1.165) is 57.0 Å². The first-order valence-corrected chi connectivity index (χ1v) is 7.59. The summed E-state index contributed by atoms with van der Waals surface area (Å²) in [5.74, 6) is 1.36. The van der Waals surface area contributed by atoms with E-state index in [2.05, 4.69) is 15.3 Å². The predicted octanol–water partition coefficient (Wildman–Crippen LogP) is 1.49. The quantitative estimate of drug-likeness (QED) is 0.887. The molecule has 0 spiro atoms. The molecule has 2 aliphatic rings. The molecule has 5 nitrogen and oxygen atoms in total. The van der Waals surface area contributed by atoms with Gasteiger partial charge in [0.15, 0.2) is 0 Å². The smallest absolute Gasteiger partial charge is 0.257 e. The van der Waals surface area contributed by atoms with E-state index in [-0.39, 0.29) is 5.91 Å². The molecule has 1 aromatic rings. The predicted molar refractivity (Wildman–Crippen MR) is 76.8 cm³/mol.